The van der Waals surface area contributed by atoms with E-state index in [0.29, 0.717) is 11.5 Å². The highest BCUT2D eigenvalue weighted by molar-refractivity contribution is 5.02. The Morgan fingerprint density at radius 2 is 2.21 bits per heavy atom. The summed E-state index contributed by atoms with van der Waals surface area (Å²) >= 11 is 0. The molecule has 1 unspecified atom stereocenters. The second-order valence-electron chi connectivity index (χ2n) is 6.23. The van der Waals surface area contributed by atoms with Gasteiger partial charge in [0.15, 0.2) is 0 Å². The maximum atomic E-state index is 6.10. The Morgan fingerprint density at radius 3 is 2.79 bits per heavy atom. The lowest BCUT2D eigenvalue weighted by Gasteiger charge is -2.53. The first kappa shape index (κ1) is 13.1. The van der Waals surface area contributed by atoms with Gasteiger partial charge in [0, 0.05) is 19.6 Å². The summed E-state index contributed by atoms with van der Waals surface area (Å²) in [5.41, 5.74) is 7.58. The molecule has 0 amide bonds. The summed E-state index contributed by atoms with van der Waals surface area (Å²) in [7, 11) is 1.88. The molecule has 2 aliphatic rings. The summed E-state index contributed by atoms with van der Waals surface area (Å²) in [5.74, 6) is 0. The minimum absolute atomic E-state index is 0.391. The smallest absolute Gasteiger partial charge is 0.0967 e. The van der Waals surface area contributed by atoms with Gasteiger partial charge in [-0.1, -0.05) is 12.8 Å². The van der Waals surface area contributed by atoms with E-state index in [1.54, 1.807) is 4.80 Å². The Bertz CT molecular complexity index is 418. The normalized spacial score (nSPS) is 27.2. The Labute approximate surface area is 115 Å². The molecular formula is C14H25N5. The van der Waals surface area contributed by atoms with Gasteiger partial charge >= 0.3 is 0 Å². The van der Waals surface area contributed by atoms with Crippen molar-refractivity contribution in [1.29, 1.82) is 0 Å². The first-order valence-corrected chi connectivity index (χ1v) is 7.53. The number of likely N-dealkylation sites (tertiary alicyclic amines) is 1. The predicted molar refractivity (Wildman–Crippen MR) is 74.4 cm³/mol. The Balaban J connectivity index is 1.73. The second kappa shape index (κ2) is 5.21. The summed E-state index contributed by atoms with van der Waals surface area (Å²) in [6, 6.07) is 0.655. The average molecular weight is 263 g/mol. The van der Waals surface area contributed by atoms with Crippen molar-refractivity contribution >= 4 is 0 Å². The molecule has 1 saturated heterocycles. The van der Waals surface area contributed by atoms with Crippen molar-refractivity contribution in [3.63, 3.8) is 0 Å². The molecule has 1 aromatic heterocycles. The molecule has 106 valence electrons. The third kappa shape index (κ3) is 2.41. The third-order valence-corrected chi connectivity index (χ3v) is 5.09. The van der Waals surface area contributed by atoms with Crippen molar-refractivity contribution in [3.05, 3.63) is 11.9 Å². The van der Waals surface area contributed by atoms with Crippen LogP contribution in [-0.4, -0.2) is 39.0 Å². The largest absolute Gasteiger partial charge is 0.330 e. The zero-order chi connectivity index (χ0) is 13.3. The number of hydrogen-bond donors (Lipinski definition) is 1. The van der Waals surface area contributed by atoms with Crippen LogP contribution in [0.25, 0.3) is 0 Å². The SMILES string of the molecule is Cn1ncc(CN2CCCCC2C2(CN)CCC2)n1. The molecule has 0 spiro atoms. The second-order valence-corrected chi connectivity index (χ2v) is 6.23. The van der Waals surface area contributed by atoms with Crippen LogP contribution in [0.1, 0.15) is 44.2 Å². The van der Waals surface area contributed by atoms with Gasteiger partial charge in [0.2, 0.25) is 0 Å². The number of rotatable bonds is 4. The summed E-state index contributed by atoms with van der Waals surface area (Å²) in [6.07, 6.45) is 9.82. The van der Waals surface area contributed by atoms with Crippen LogP contribution >= 0.6 is 0 Å². The molecule has 0 bridgehead atoms. The molecule has 1 aliphatic heterocycles. The van der Waals surface area contributed by atoms with Crippen LogP contribution < -0.4 is 5.73 Å². The monoisotopic (exact) mass is 263 g/mol. The van der Waals surface area contributed by atoms with Crippen LogP contribution in [0.3, 0.4) is 0 Å². The molecule has 1 saturated carbocycles. The number of aromatic nitrogens is 3. The zero-order valence-electron chi connectivity index (χ0n) is 11.9. The minimum atomic E-state index is 0.391. The molecule has 0 aromatic carbocycles. The fraction of sp³-hybridized carbons (Fsp3) is 0.857. The number of aryl methyl sites for hydroxylation is 1. The fourth-order valence-electron chi connectivity index (χ4n) is 3.85. The highest BCUT2D eigenvalue weighted by Gasteiger charge is 2.46. The number of nitrogens with two attached hydrogens (primary N) is 1. The predicted octanol–water partition coefficient (Wildman–Crippen LogP) is 1.30. The summed E-state index contributed by atoms with van der Waals surface area (Å²) < 4.78 is 0. The molecule has 2 fully saturated rings. The van der Waals surface area contributed by atoms with Gasteiger partial charge < -0.3 is 5.73 Å². The summed E-state index contributed by atoms with van der Waals surface area (Å²) in [5, 5.41) is 8.60. The molecule has 0 radical (unpaired) electrons. The molecule has 2 heterocycles. The molecule has 5 nitrogen and oxygen atoms in total. The molecule has 19 heavy (non-hydrogen) atoms. The summed E-state index contributed by atoms with van der Waals surface area (Å²) in [6.45, 7) is 2.96. The van der Waals surface area contributed by atoms with Crippen LogP contribution in [0.5, 0.6) is 0 Å². The van der Waals surface area contributed by atoms with Crippen LogP contribution in [0.4, 0.5) is 0 Å². The van der Waals surface area contributed by atoms with Crippen LogP contribution in [0.15, 0.2) is 6.20 Å². The van der Waals surface area contributed by atoms with Gasteiger partial charge in [0.1, 0.15) is 0 Å². The van der Waals surface area contributed by atoms with Crippen LogP contribution in [0.2, 0.25) is 0 Å². The van der Waals surface area contributed by atoms with E-state index in [1.807, 2.05) is 13.2 Å². The van der Waals surface area contributed by atoms with E-state index in [4.69, 9.17) is 5.73 Å². The molecular weight excluding hydrogens is 238 g/mol. The Morgan fingerprint density at radius 1 is 1.37 bits per heavy atom. The first-order valence-electron chi connectivity index (χ1n) is 7.53. The lowest BCUT2D eigenvalue weighted by molar-refractivity contribution is -0.0212. The van der Waals surface area contributed by atoms with E-state index in [-0.39, 0.29) is 0 Å². The molecule has 1 atom stereocenters. The van der Waals surface area contributed by atoms with Crippen molar-refractivity contribution in [2.75, 3.05) is 13.1 Å². The van der Waals surface area contributed by atoms with Gasteiger partial charge in [-0.25, -0.2) is 0 Å². The van der Waals surface area contributed by atoms with Crippen molar-refractivity contribution in [3.8, 4) is 0 Å². The number of nitrogens with zero attached hydrogens (tertiary/aromatic N) is 4. The fourth-order valence-corrected chi connectivity index (χ4v) is 3.85. The van der Waals surface area contributed by atoms with Gasteiger partial charge in [0.05, 0.1) is 11.9 Å². The zero-order valence-corrected chi connectivity index (χ0v) is 11.9. The van der Waals surface area contributed by atoms with E-state index in [2.05, 4.69) is 15.1 Å². The average Bonchev–Trinajstić information content (AvgIpc) is 2.76. The van der Waals surface area contributed by atoms with E-state index in [9.17, 15) is 0 Å². The number of hydrogen-bond acceptors (Lipinski definition) is 4. The van der Waals surface area contributed by atoms with E-state index >= 15 is 0 Å². The maximum absolute atomic E-state index is 6.10. The lowest BCUT2D eigenvalue weighted by atomic mass is 9.62. The van der Waals surface area contributed by atoms with Crippen molar-refractivity contribution in [2.24, 2.45) is 18.2 Å². The molecule has 3 rings (SSSR count). The van der Waals surface area contributed by atoms with E-state index in [1.165, 1.54) is 45.1 Å². The highest BCUT2D eigenvalue weighted by Crippen LogP contribution is 2.47. The van der Waals surface area contributed by atoms with E-state index in [0.717, 1.165) is 18.8 Å². The van der Waals surface area contributed by atoms with Gasteiger partial charge in [0.25, 0.3) is 0 Å². The van der Waals surface area contributed by atoms with E-state index < -0.39 is 0 Å². The van der Waals surface area contributed by atoms with Gasteiger partial charge in [-0.3, -0.25) is 4.90 Å². The molecule has 1 aromatic rings. The van der Waals surface area contributed by atoms with Crippen molar-refractivity contribution in [2.45, 2.75) is 51.1 Å². The minimum Gasteiger partial charge on any atom is -0.330 e. The highest BCUT2D eigenvalue weighted by atomic mass is 15.5. The van der Waals surface area contributed by atoms with Crippen LogP contribution in [0, 0.1) is 5.41 Å². The van der Waals surface area contributed by atoms with Crippen LogP contribution in [-0.2, 0) is 13.6 Å². The van der Waals surface area contributed by atoms with Crippen molar-refractivity contribution < 1.29 is 0 Å². The third-order valence-electron chi connectivity index (χ3n) is 5.09. The molecule has 2 N–H and O–H groups in total. The topological polar surface area (TPSA) is 60.0 Å². The van der Waals surface area contributed by atoms with Gasteiger partial charge in [-0.15, -0.1) is 0 Å². The number of piperidine rings is 1. The van der Waals surface area contributed by atoms with Gasteiger partial charge in [-0.05, 0) is 44.2 Å². The quantitative estimate of drug-likeness (QED) is 0.889. The maximum Gasteiger partial charge on any atom is 0.0967 e. The first-order chi connectivity index (χ1) is 9.23. The summed E-state index contributed by atoms with van der Waals surface area (Å²) in [4.78, 5) is 4.26. The standard InChI is InChI=1S/C14H25N5/c1-18-16-9-12(17-18)10-19-8-3-2-5-13(19)14(11-15)6-4-7-14/h9,13H,2-8,10-11,15H2,1H3. The molecule has 1 aliphatic carbocycles. The molecule has 5 heteroatoms. The van der Waals surface area contributed by atoms with Crippen molar-refractivity contribution in [1.82, 2.24) is 19.9 Å². The Hall–Kier alpha value is -0.940. The van der Waals surface area contributed by atoms with Gasteiger partial charge in [-0.2, -0.15) is 15.0 Å². The Kier molecular flexibility index (Phi) is 3.58. The lowest BCUT2D eigenvalue weighted by Crippen LogP contribution is -2.56.